The number of halogens is 1. The van der Waals surface area contributed by atoms with Gasteiger partial charge in [-0.05, 0) is 54.5 Å². The van der Waals surface area contributed by atoms with E-state index in [2.05, 4.69) is 21.2 Å². The second-order valence-corrected chi connectivity index (χ2v) is 8.61. The summed E-state index contributed by atoms with van der Waals surface area (Å²) in [6, 6.07) is 17.0. The number of nitrogens with one attached hydrogen (secondary N) is 1. The number of benzene rings is 3. The van der Waals surface area contributed by atoms with Crippen molar-refractivity contribution in [3.63, 3.8) is 0 Å². The van der Waals surface area contributed by atoms with Gasteiger partial charge in [-0.1, -0.05) is 40.2 Å². The maximum absolute atomic E-state index is 13.2. The standard InChI is InChI=1S/C25H18BrN3O6/c1-15-4-2-6-19(10-15)28-24(31)21(23(30)27-25(28)32)13-17-12-18(26)8-9-22(17)35-14-16-5-3-7-20(11-16)29(33)34/h2-13H,14H2,1H3,(H,27,30,32)/b21-13+. The molecule has 3 aromatic rings. The van der Waals surface area contributed by atoms with Crippen molar-refractivity contribution >= 4 is 51.2 Å². The Bertz CT molecular complexity index is 1400. The summed E-state index contributed by atoms with van der Waals surface area (Å²) in [5.41, 5.74) is 1.85. The maximum Gasteiger partial charge on any atom is 0.335 e. The molecule has 1 N–H and O–H groups in total. The van der Waals surface area contributed by atoms with Crippen LogP contribution in [0.2, 0.25) is 0 Å². The fraction of sp³-hybridized carbons (Fsp3) is 0.0800. The van der Waals surface area contributed by atoms with Crippen LogP contribution in [-0.4, -0.2) is 22.8 Å². The predicted molar refractivity (Wildman–Crippen MR) is 132 cm³/mol. The highest BCUT2D eigenvalue weighted by Gasteiger charge is 2.37. The van der Waals surface area contributed by atoms with E-state index < -0.39 is 22.8 Å². The molecule has 1 saturated heterocycles. The lowest BCUT2D eigenvalue weighted by molar-refractivity contribution is -0.384. The van der Waals surface area contributed by atoms with E-state index in [9.17, 15) is 24.5 Å². The second-order valence-electron chi connectivity index (χ2n) is 7.69. The van der Waals surface area contributed by atoms with Crippen LogP contribution in [0.5, 0.6) is 5.75 Å². The summed E-state index contributed by atoms with van der Waals surface area (Å²) in [7, 11) is 0. The van der Waals surface area contributed by atoms with Crippen LogP contribution in [0.3, 0.4) is 0 Å². The molecule has 0 aromatic heterocycles. The second kappa shape index (κ2) is 9.90. The number of anilines is 1. The van der Waals surface area contributed by atoms with E-state index in [0.29, 0.717) is 27.0 Å². The minimum Gasteiger partial charge on any atom is -0.488 e. The van der Waals surface area contributed by atoms with Crippen LogP contribution in [0.1, 0.15) is 16.7 Å². The van der Waals surface area contributed by atoms with E-state index in [1.165, 1.54) is 18.2 Å². The van der Waals surface area contributed by atoms with E-state index >= 15 is 0 Å². The number of non-ortho nitro benzene ring substituents is 1. The van der Waals surface area contributed by atoms with Gasteiger partial charge in [0.2, 0.25) is 0 Å². The number of nitro groups is 1. The maximum atomic E-state index is 13.2. The van der Waals surface area contributed by atoms with Crippen molar-refractivity contribution in [1.82, 2.24) is 5.32 Å². The fourth-order valence-corrected chi connectivity index (χ4v) is 3.88. The van der Waals surface area contributed by atoms with Crippen LogP contribution < -0.4 is 15.0 Å². The van der Waals surface area contributed by atoms with Gasteiger partial charge in [0.25, 0.3) is 17.5 Å². The Balaban J connectivity index is 1.66. The summed E-state index contributed by atoms with van der Waals surface area (Å²) < 4.78 is 6.53. The Morgan fingerprint density at radius 1 is 1.06 bits per heavy atom. The summed E-state index contributed by atoms with van der Waals surface area (Å²) in [4.78, 5) is 49.7. The number of nitro benzene ring substituents is 1. The Kier molecular flexibility index (Phi) is 6.74. The van der Waals surface area contributed by atoms with E-state index in [1.54, 1.807) is 48.5 Å². The SMILES string of the molecule is Cc1cccc(N2C(=O)NC(=O)/C(=C\c3cc(Br)ccc3OCc3cccc([N+](=O)[O-])c3)C2=O)c1. The zero-order chi connectivity index (χ0) is 25.1. The van der Waals surface area contributed by atoms with Gasteiger partial charge in [0.05, 0.1) is 10.6 Å². The summed E-state index contributed by atoms with van der Waals surface area (Å²) in [6.45, 7) is 1.84. The third-order valence-corrected chi connectivity index (χ3v) is 5.64. The molecule has 10 heteroatoms. The monoisotopic (exact) mass is 535 g/mol. The number of barbiturate groups is 1. The van der Waals surface area contributed by atoms with Gasteiger partial charge in [-0.15, -0.1) is 0 Å². The van der Waals surface area contributed by atoms with E-state index in [-0.39, 0.29) is 17.9 Å². The van der Waals surface area contributed by atoms with Crippen molar-refractivity contribution in [2.24, 2.45) is 0 Å². The average Bonchev–Trinajstić information content (AvgIpc) is 2.81. The smallest absolute Gasteiger partial charge is 0.335 e. The number of urea groups is 1. The molecule has 9 nitrogen and oxygen atoms in total. The highest BCUT2D eigenvalue weighted by Crippen LogP contribution is 2.29. The minimum atomic E-state index is -0.834. The lowest BCUT2D eigenvalue weighted by atomic mass is 10.1. The van der Waals surface area contributed by atoms with Gasteiger partial charge >= 0.3 is 6.03 Å². The number of nitrogens with zero attached hydrogens (tertiary/aromatic N) is 2. The molecule has 1 fully saturated rings. The molecule has 0 atom stereocenters. The van der Waals surface area contributed by atoms with Crippen LogP contribution in [0.15, 0.2) is 76.8 Å². The third kappa shape index (κ3) is 5.28. The Morgan fingerprint density at radius 2 is 1.83 bits per heavy atom. The number of carbonyl (C=O) groups is 3. The summed E-state index contributed by atoms with van der Waals surface area (Å²) >= 11 is 3.37. The highest BCUT2D eigenvalue weighted by atomic mass is 79.9. The Hall–Kier alpha value is -4.31. The van der Waals surface area contributed by atoms with Crippen molar-refractivity contribution < 1.29 is 24.0 Å². The van der Waals surface area contributed by atoms with Crippen LogP contribution in [0.25, 0.3) is 6.08 Å². The molecule has 3 aromatic carbocycles. The van der Waals surface area contributed by atoms with Gasteiger partial charge in [0, 0.05) is 22.2 Å². The van der Waals surface area contributed by atoms with Crippen molar-refractivity contribution in [2.75, 3.05) is 4.90 Å². The molecule has 176 valence electrons. The first-order valence-corrected chi connectivity index (χ1v) is 11.2. The molecule has 0 aliphatic carbocycles. The summed E-state index contributed by atoms with van der Waals surface area (Å²) in [5.74, 6) is -1.26. The molecular formula is C25H18BrN3O6. The van der Waals surface area contributed by atoms with E-state index in [4.69, 9.17) is 4.74 Å². The Morgan fingerprint density at radius 3 is 2.57 bits per heavy atom. The van der Waals surface area contributed by atoms with Crippen LogP contribution in [-0.2, 0) is 16.2 Å². The predicted octanol–water partition coefficient (Wildman–Crippen LogP) is 4.91. The molecule has 0 unspecified atom stereocenters. The van der Waals surface area contributed by atoms with E-state index in [0.717, 1.165) is 10.5 Å². The zero-order valence-electron chi connectivity index (χ0n) is 18.4. The molecule has 0 spiro atoms. The number of amides is 4. The van der Waals surface area contributed by atoms with Crippen LogP contribution >= 0.6 is 15.9 Å². The van der Waals surface area contributed by atoms with Crippen LogP contribution in [0, 0.1) is 17.0 Å². The molecular weight excluding hydrogens is 518 g/mol. The first kappa shape index (κ1) is 23.8. The molecule has 1 aliphatic heterocycles. The lowest BCUT2D eigenvalue weighted by Gasteiger charge is -2.26. The van der Waals surface area contributed by atoms with Crippen molar-refractivity contribution in [1.29, 1.82) is 0 Å². The fourth-order valence-electron chi connectivity index (χ4n) is 3.50. The van der Waals surface area contributed by atoms with Crippen molar-refractivity contribution in [3.05, 3.63) is 104 Å². The molecule has 4 rings (SSSR count). The summed E-state index contributed by atoms with van der Waals surface area (Å²) in [6.07, 6.45) is 1.35. The highest BCUT2D eigenvalue weighted by molar-refractivity contribution is 9.10. The lowest BCUT2D eigenvalue weighted by Crippen LogP contribution is -2.54. The van der Waals surface area contributed by atoms with Crippen molar-refractivity contribution in [3.8, 4) is 5.75 Å². The number of ether oxygens (including phenoxy) is 1. The largest absolute Gasteiger partial charge is 0.488 e. The van der Waals surface area contributed by atoms with Crippen molar-refractivity contribution in [2.45, 2.75) is 13.5 Å². The number of rotatable bonds is 6. The first-order chi connectivity index (χ1) is 16.7. The quantitative estimate of drug-likeness (QED) is 0.207. The van der Waals surface area contributed by atoms with Gasteiger partial charge in [-0.2, -0.15) is 0 Å². The van der Waals surface area contributed by atoms with Crippen LogP contribution in [0.4, 0.5) is 16.2 Å². The van der Waals surface area contributed by atoms with Gasteiger partial charge in [-0.25, -0.2) is 9.69 Å². The normalized spacial score (nSPS) is 14.7. The molecule has 35 heavy (non-hydrogen) atoms. The number of hydrogen-bond donors (Lipinski definition) is 1. The van der Waals surface area contributed by atoms with E-state index in [1.807, 2.05) is 13.0 Å². The van der Waals surface area contributed by atoms with Gasteiger partial charge in [-0.3, -0.25) is 25.0 Å². The number of carbonyl (C=O) groups excluding carboxylic acids is 3. The zero-order valence-corrected chi connectivity index (χ0v) is 19.9. The average molecular weight is 536 g/mol. The topological polar surface area (TPSA) is 119 Å². The van der Waals surface area contributed by atoms with Gasteiger partial charge < -0.3 is 4.74 Å². The molecule has 1 heterocycles. The third-order valence-electron chi connectivity index (χ3n) is 5.15. The molecule has 4 amide bonds. The molecule has 0 bridgehead atoms. The number of imide groups is 2. The molecule has 1 aliphatic rings. The van der Waals surface area contributed by atoms with Gasteiger partial charge in [0.15, 0.2) is 0 Å². The first-order valence-electron chi connectivity index (χ1n) is 10.4. The number of aryl methyl sites for hydroxylation is 1. The van der Waals surface area contributed by atoms with Gasteiger partial charge in [0.1, 0.15) is 17.9 Å². The number of hydrogen-bond acceptors (Lipinski definition) is 6. The molecule has 0 saturated carbocycles. The molecule has 0 radical (unpaired) electrons. The Labute approximate surface area is 208 Å². The minimum absolute atomic E-state index is 0.0214. The summed E-state index contributed by atoms with van der Waals surface area (Å²) in [5, 5.41) is 13.2.